The Morgan fingerprint density at radius 1 is 1.41 bits per heavy atom. The summed E-state index contributed by atoms with van der Waals surface area (Å²) in [5, 5.41) is 8.99. The summed E-state index contributed by atoms with van der Waals surface area (Å²) in [7, 11) is 0. The second kappa shape index (κ2) is 4.66. The molecule has 1 aromatic heterocycles. The standard InChI is InChI=1S/C11H6ClFINO2/c12-8-4-7(1-2-9(8)13)15-5-6(14)3-10(15)11(16)17/h1-5H,(H,16,17). The highest BCUT2D eigenvalue weighted by Gasteiger charge is 2.13. The van der Waals surface area contributed by atoms with Crippen LogP contribution in [0.4, 0.5) is 4.39 Å². The lowest BCUT2D eigenvalue weighted by Gasteiger charge is -2.06. The van der Waals surface area contributed by atoms with Crippen molar-refractivity contribution in [3.63, 3.8) is 0 Å². The number of aromatic nitrogens is 1. The van der Waals surface area contributed by atoms with Gasteiger partial charge in [0.15, 0.2) is 0 Å². The Morgan fingerprint density at radius 2 is 2.12 bits per heavy atom. The topological polar surface area (TPSA) is 42.2 Å². The first-order valence-electron chi connectivity index (χ1n) is 4.55. The molecule has 0 fully saturated rings. The van der Waals surface area contributed by atoms with Gasteiger partial charge in [0.05, 0.1) is 5.02 Å². The van der Waals surface area contributed by atoms with Crippen molar-refractivity contribution in [1.29, 1.82) is 0 Å². The van der Waals surface area contributed by atoms with E-state index >= 15 is 0 Å². The summed E-state index contributed by atoms with van der Waals surface area (Å²) in [6.07, 6.45) is 1.65. The van der Waals surface area contributed by atoms with E-state index in [0.717, 1.165) is 3.57 Å². The number of carbonyl (C=O) groups is 1. The highest BCUT2D eigenvalue weighted by molar-refractivity contribution is 14.1. The number of benzene rings is 1. The van der Waals surface area contributed by atoms with Crippen LogP contribution < -0.4 is 0 Å². The van der Waals surface area contributed by atoms with Crippen LogP contribution in [-0.2, 0) is 0 Å². The summed E-state index contributed by atoms with van der Waals surface area (Å²) >= 11 is 7.68. The minimum Gasteiger partial charge on any atom is -0.477 e. The second-order valence-corrected chi connectivity index (χ2v) is 4.97. The summed E-state index contributed by atoms with van der Waals surface area (Å²) in [4.78, 5) is 11.0. The van der Waals surface area contributed by atoms with E-state index in [4.69, 9.17) is 16.7 Å². The van der Waals surface area contributed by atoms with Crippen molar-refractivity contribution < 1.29 is 14.3 Å². The number of rotatable bonds is 2. The quantitative estimate of drug-likeness (QED) is 0.827. The maximum atomic E-state index is 13.0. The van der Waals surface area contributed by atoms with Gasteiger partial charge in [0.1, 0.15) is 11.5 Å². The third kappa shape index (κ3) is 2.44. The van der Waals surface area contributed by atoms with Gasteiger partial charge in [0.2, 0.25) is 0 Å². The van der Waals surface area contributed by atoms with E-state index in [1.807, 2.05) is 22.6 Å². The van der Waals surface area contributed by atoms with Crippen LogP contribution in [0.25, 0.3) is 5.69 Å². The number of aromatic carboxylic acids is 1. The van der Waals surface area contributed by atoms with Crippen molar-refractivity contribution in [2.45, 2.75) is 0 Å². The van der Waals surface area contributed by atoms with E-state index < -0.39 is 11.8 Å². The molecule has 17 heavy (non-hydrogen) atoms. The first-order valence-corrected chi connectivity index (χ1v) is 6.01. The largest absolute Gasteiger partial charge is 0.477 e. The van der Waals surface area contributed by atoms with Crippen LogP contribution in [0.2, 0.25) is 5.02 Å². The SMILES string of the molecule is O=C(O)c1cc(I)cn1-c1ccc(F)c(Cl)c1. The zero-order chi connectivity index (χ0) is 12.6. The van der Waals surface area contributed by atoms with Crippen molar-refractivity contribution >= 4 is 40.2 Å². The first kappa shape index (κ1) is 12.4. The van der Waals surface area contributed by atoms with E-state index in [1.54, 1.807) is 6.20 Å². The smallest absolute Gasteiger partial charge is 0.352 e. The lowest BCUT2D eigenvalue weighted by Crippen LogP contribution is -2.05. The number of hydrogen-bond donors (Lipinski definition) is 1. The van der Waals surface area contributed by atoms with Gasteiger partial charge in [-0.15, -0.1) is 0 Å². The van der Waals surface area contributed by atoms with Gasteiger partial charge in [0, 0.05) is 15.5 Å². The molecule has 0 saturated heterocycles. The average molecular weight is 366 g/mol. The highest BCUT2D eigenvalue weighted by atomic mass is 127. The normalized spacial score (nSPS) is 10.5. The summed E-state index contributed by atoms with van der Waals surface area (Å²) < 4.78 is 15.3. The van der Waals surface area contributed by atoms with Crippen LogP contribution >= 0.6 is 34.2 Å². The molecule has 0 saturated carbocycles. The molecular formula is C11H6ClFINO2. The van der Waals surface area contributed by atoms with Crippen LogP contribution in [0.5, 0.6) is 0 Å². The van der Waals surface area contributed by atoms with Gasteiger partial charge in [-0.3, -0.25) is 0 Å². The molecule has 1 heterocycles. The van der Waals surface area contributed by atoms with E-state index in [1.165, 1.54) is 28.8 Å². The third-order valence-corrected chi connectivity index (χ3v) is 3.07. The van der Waals surface area contributed by atoms with Crippen LogP contribution in [0.15, 0.2) is 30.5 Å². The number of carboxylic acids is 1. The number of hydrogen-bond acceptors (Lipinski definition) is 1. The van der Waals surface area contributed by atoms with E-state index in [-0.39, 0.29) is 10.7 Å². The molecule has 0 bridgehead atoms. The maximum absolute atomic E-state index is 13.0. The molecule has 2 rings (SSSR count). The van der Waals surface area contributed by atoms with Crippen LogP contribution in [-0.4, -0.2) is 15.6 Å². The van der Waals surface area contributed by atoms with Crippen molar-refractivity contribution in [2.75, 3.05) is 0 Å². The zero-order valence-electron chi connectivity index (χ0n) is 8.32. The zero-order valence-corrected chi connectivity index (χ0v) is 11.2. The van der Waals surface area contributed by atoms with Crippen molar-refractivity contribution in [3.05, 3.63) is 50.6 Å². The van der Waals surface area contributed by atoms with E-state index in [9.17, 15) is 9.18 Å². The molecule has 0 radical (unpaired) electrons. The molecule has 0 spiro atoms. The summed E-state index contributed by atoms with van der Waals surface area (Å²) in [5.74, 6) is -1.58. The van der Waals surface area contributed by atoms with Crippen molar-refractivity contribution in [3.8, 4) is 5.69 Å². The van der Waals surface area contributed by atoms with Gasteiger partial charge in [-0.1, -0.05) is 11.6 Å². The minimum atomic E-state index is -1.05. The first-order chi connectivity index (χ1) is 7.99. The third-order valence-electron chi connectivity index (χ3n) is 2.19. The van der Waals surface area contributed by atoms with Crippen LogP contribution in [0, 0.1) is 9.39 Å². The maximum Gasteiger partial charge on any atom is 0.352 e. The average Bonchev–Trinajstić information content (AvgIpc) is 2.64. The van der Waals surface area contributed by atoms with Crippen LogP contribution in [0.1, 0.15) is 10.5 Å². The fourth-order valence-corrected chi connectivity index (χ4v) is 2.19. The second-order valence-electron chi connectivity index (χ2n) is 3.32. The lowest BCUT2D eigenvalue weighted by molar-refractivity contribution is 0.0688. The van der Waals surface area contributed by atoms with Gasteiger partial charge in [-0.25, -0.2) is 9.18 Å². The molecule has 0 aliphatic rings. The molecular weight excluding hydrogens is 359 g/mol. The predicted molar refractivity (Wildman–Crippen MR) is 70.4 cm³/mol. The van der Waals surface area contributed by atoms with Gasteiger partial charge in [0.25, 0.3) is 0 Å². The molecule has 0 unspecified atom stereocenters. The molecule has 0 aliphatic carbocycles. The molecule has 1 N–H and O–H groups in total. The molecule has 2 aromatic rings. The molecule has 0 aliphatic heterocycles. The van der Waals surface area contributed by atoms with Gasteiger partial charge < -0.3 is 9.67 Å². The van der Waals surface area contributed by atoms with Gasteiger partial charge >= 0.3 is 5.97 Å². The Balaban J connectivity index is 2.59. The van der Waals surface area contributed by atoms with Gasteiger partial charge in [-0.2, -0.15) is 0 Å². The fourth-order valence-electron chi connectivity index (χ4n) is 1.44. The van der Waals surface area contributed by atoms with Crippen LogP contribution in [0.3, 0.4) is 0 Å². The molecule has 1 aromatic carbocycles. The highest BCUT2D eigenvalue weighted by Crippen LogP contribution is 2.22. The Bertz CT molecular complexity index is 597. The number of carboxylic acid groups (broad SMARTS) is 1. The van der Waals surface area contributed by atoms with E-state index in [0.29, 0.717) is 5.69 Å². The molecule has 3 nitrogen and oxygen atoms in total. The van der Waals surface area contributed by atoms with Crippen molar-refractivity contribution in [1.82, 2.24) is 4.57 Å². The Kier molecular flexibility index (Phi) is 3.39. The lowest BCUT2D eigenvalue weighted by atomic mass is 10.3. The fraction of sp³-hybridized carbons (Fsp3) is 0. The summed E-state index contributed by atoms with van der Waals surface area (Å²) in [6.45, 7) is 0. The summed E-state index contributed by atoms with van der Waals surface area (Å²) in [6, 6.07) is 5.60. The molecule has 0 atom stereocenters. The van der Waals surface area contributed by atoms with E-state index in [2.05, 4.69) is 0 Å². The molecule has 6 heteroatoms. The Labute approximate surface area is 115 Å². The monoisotopic (exact) mass is 365 g/mol. The Hall–Kier alpha value is -1.08. The summed E-state index contributed by atoms with van der Waals surface area (Å²) in [5.41, 5.74) is 0.619. The molecule has 88 valence electrons. The molecule has 0 amide bonds. The predicted octanol–water partition coefficient (Wildman–Crippen LogP) is 3.57. The number of nitrogens with zero attached hydrogens (tertiary/aromatic N) is 1. The van der Waals surface area contributed by atoms with Gasteiger partial charge in [-0.05, 0) is 46.9 Å². The van der Waals surface area contributed by atoms with Crippen molar-refractivity contribution in [2.24, 2.45) is 0 Å². The number of halogens is 3. The Morgan fingerprint density at radius 3 is 2.71 bits per heavy atom. The minimum absolute atomic E-state index is 0.0393.